The van der Waals surface area contributed by atoms with Crippen LogP contribution in [-0.2, 0) is 6.54 Å². The predicted octanol–water partition coefficient (Wildman–Crippen LogP) is 2.63. The van der Waals surface area contributed by atoms with Gasteiger partial charge in [-0.15, -0.1) is 0 Å². The van der Waals surface area contributed by atoms with Crippen molar-refractivity contribution in [1.82, 2.24) is 20.5 Å². The van der Waals surface area contributed by atoms with Crippen molar-refractivity contribution in [3.05, 3.63) is 53.9 Å². The summed E-state index contributed by atoms with van der Waals surface area (Å²) < 4.78 is 0. The number of hydrogen-bond acceptors (Lipinski definition) is 5. The van der Waals surface area contributed by atoms with Gasteiger partial charge in [0.25, 0.3) is 5.91 Å². The van der Waals surface area contributed by atoms with Crippen LogP contribution >= 0.6 is 0 Å². The quantitative estimate of drug-likeness (QED) is 0.612. The number of aromatic amines is 1. The molecule has 1 aliphatic rings. The summed E-state index contributed by atoms with van der Waals surface area (Å²) in [4.78, 5) is 19.4. The minimum absolute atomic E-state index is 0.202. The maximum Gasteiger partial charge on any atom is 0.272 e. The Morgan fingerprint density at radius 3 is 2.96 bits per heavy atom. The van der Waals surface area contributed by atoms with Crippen LogP contribution in [0.1, 0.15) is 41.7 Å². The van der Waals surface area contributed by atoms with Gasteiger partial charge in [0.2, 0.25) is 0 Å². The van der Waals surface area contributed by atoms with Crippen LogP contribution in [-0.4, -0.2) is 45.4 Å². The summed E-state index contributed by atoms with van der Waals surface area (Å²) in [7, 11) is 0. The summed E-state index contributed by atoms with van der Waals surface area (Å²) in [5.74, 6) is 0.729. The number of benzene rings is 1. The van der Waals surface area contributed by atoms with E-state index in [2.05, 4.69) is 25.4 Å². The van der Waals surface area contributed by atoms with Crippen LogP contribution in [0.2, 0.25) is 0 Å². The Kier molecular flexibility index (Phi) is 5.53. The van der Waals surface area contributed by atoms with Crippen LogP contribution in [0.3, 0.4) is 0 Å². The lowest BCUT2D eigenvalue weighted by Crippen LogP contribution is -2.40. The highest BCUT2D eigenvalue weighted by atomic mass is 16.3. The van der Waals surface area contributed by atoms with Crippen molar-refractivity contribution in [2.45, 2.75) is 38.3 Å². The Balaban J connectivity index is 1.40. The average molecular weight is 379 g/mol. The molecule has 1 fully saturated rings. The van der Waals surface area contributed by atoms with Gasteiger partial charge in [-0.1, -0.05) is 24.3 Å². The first kappa shape index (κ1) is 18.4. The molecule has 3 N–H and O–H groups in total. The molecule has 3 heterocycles. The van der Waals surface area contributed by atoms with Crippen LogP contribution in [0.4, 0.5) is 5.82 Å². The smallest absolute Gasteiger partial charge is 0.272 e. The minimum atomic E-state index is -0.208. The van der Waals surface area contributed by atoms with Crippen molar-refractivity contribution in [3.8, 4) is 0 Å². The number of nitrogens with one attached hydrogen (secondary N) is 2. The molecule has 3 aromatic rings. The lowest BCUT2D eigenvalue weighted by atomic mass is 9.99. The van der Waals surface area contributed by atoms with E-state index in [1.54, 1.807) is 0 Å². The van der Waals surface area contributed by atoms with E-state index in [9.17, 15) is 9.90 Å². The number of piperidine rings is 1. The number of carbonyl (C=O) groups is 1. The molecule has 0 aliphatic carbocycles. The van der Waals surface area contributed by atoms with Crippen molar-refractivity contribution in [2.75, 3.05) is 18.1 Å². The highest BCUT2D eigenvalue weighted by Gasteiger charge is 2.23. The number of carbonyl (C=O) groups excluding carboxylic acids is 1. The van der Waals surface area contributed by atoms with E-state index in [4.69, 9.17) is 0 Å². The van der Waals surface area contributed by atoms with Crippen LogP contribution < -0.4 is 10.2 Å². The molecule has 0 spiro atoms. The zero-order valence-corrected chi connectivity index (χ0v) is 15.8. The van der Waals surface area contributed by atoms with Gasteiger partial charge in [0.15, 0.2) is 5.69 Å². The summed E-state index contributed by atoms with van der Waals surface area (Å²) in [6.45, 7) is 1.57. The van der Waals surface area contributed by atoms with Gasteiger partial charge in [0, 0.05) is 37.3 Å². The molecule has 0 saturated carbocycles. The molecule has 7 nitrogen and oxygen atoms in total. The van der Waals surface area contributed by atoms with E-state index >= 15 is 0 Å². The van der Waals surface area contributed by atoms with Gasteiger partial charge >= 0.3 is 0 Å². The molecular formula is C21H25N5O2. The zero-order valence-electron chi connectivity index (χ0n) is 15.8. The Morgan fingerprint density at radius 1 is 1.25 bits per heavy atom. The molecule has 4 rings (SSSR count). The molecule has 1 aromatic carbocycles. The van der Waals surface area contributed by atoms with Crippen LogP contribution in [0.25, 0.3) is 10.9 Å². The summed E-state index contributed by atoms with van der Waals surface area (Å²) in [5, 5.41) is 20.0. The molecule has 1 amide bonds. The third-order valence-electron chi connectivity index (χ3n) is 5.33. The van der Waals surface area contributed by atoms with Crippen molar-refractivity contribution in [3.63, 3.8) is 0 Å². The van der Waals surface area contributed by atoms with Gasteiger partial charge in [0.05, 0.1) is 5.52 Å². The maximum absolute atomic E-state index is 12.5. The van der Waals surface area contributed by atoms with Crippen molar-refractivity contribution in [2.24, 2.45) is 0 Å². The molecule has 146 valence electrons. The topological polar surface area (TPSA) is 94.1 Å². The first-order chi connectivity index (χ1) is 13.8. The molecule has 7 heteroatoms. The number of para-hydroxylation sites is 1. The fraction of sp³-hybridized carbons (Fsp3) is 0.381. The van der Waals surface area contributed by atoms with Crippen molar-refractivity contribution >= 4 is 22.6 Å². The Bertz CT molecular complexity index is 935. The van der Waals surface area contributed by atoms with Crippen LogP contribution in [0.5, 0.6) is 0 Å². The number of hydrogen-bond donors (Lipinski definition) is 3. The first-order valence-electron chi connectivity index (χ1n) is 9.80. The Morgan fingerprint density at radius 2 is 2.14 bits per heavy atom. The van der Waals surface area contributed by atoms with E-state index in [0.29, 0.717) is 18.3 Å². The summed E-state index contributed by atoms with van der Waals surface area (Å²) >= 11 is 0. The SMILES string of the molecule is O=C(NCc1ccc(N2CCCCC2CCO)nc1)c1n[nH]c2ccccc12. The van der Waals surface area contributed by atoms with Gasteiger partial charge in [-0.3, -0.25) is 9.89 Å². The normalized spacial score (nSPS) is 17.0. The molecule has 0 bridgehead atoms. The zero-order chi connectivity index (χ0) is 19.3. The number of aliphatic hydroxyl groups is 1. The standard InChI is InChI=1S/C21H25N5O2/c27-12-10-16-5-3-4-11-26(16)19-9-8-15(13-22-19)14-23-21(28)20-17-6-1-2-7-18(17)24-25-20/h1-2,6-9,13,16,27H,3-5,10-12,14H2,(H,23,28)(H,24,25). The molecule has 1 saturated heterocycles. The summed E-state index contributed by atoms with van der Waals surface area (Å²) in [6.07, 6.45) is 6.03. The summed E-state index contributed by atoms with van der Waals surface area (Å²) in [5.41, 5.74) is 2.19. The summed E-state index contributed by atoms with van der Waals surface area (Å²) in [6, 6.07) is 11.9. The number of H-pyrrole nitrogens is 1. The van der Waals surface area contributed by atoms with E-state index in [-0.39, 0.29) is 12.5 Å². The third-order valence-corrected chi connectivity index (χ3v) is 5.33. The number of nitrogens with zero attached hydrogens (tertiary/aromatic N) is 3. The van der Waals surface area contributed by atoms with E-state index < -0.39 is 0 Å². The lowest BCUT2D eigenvalue weighted by molar-refractivity contribution is 0.0947. The van der Waals surface area contributed by atoms with E-state index in [0.717, 1.165) is 48.1 Å². The van der Waals surface area contributed by atoms with Crippen molar-refractivity contribution in [1.29, 1.82) is 0 Å². The van der Waals surface area contributed by atoms with E-state index in [1.807, 2.05) is 42.6 Å². The highest BCUT2D eigenvalue weighted by Crippen LogP contribution is 2.25. The van der Waals surface area contributed by atoms with E-state index in [1.165, 1.54) is 6.42 Å². The number of amides is 1. The lowest BCUT2D eigenvalue weighted by Gasteiger charge is -2.36. The van der Waals surface area contributed by atoms with Crippen LogP contribution in [0, 0.1) is 0 Å². The molecule has 1 unspecified atom stereocenters. The average Bonchev–Trinajstić information content (AvgIpc) is 3.17. The van der Waals surface area contributed by atoms with Gasteiger partial charge in [-0.05, 0) is 43.4 Å². The fourth-order valence-electron chi connectivity index (χ4n) is 3.85. The minimum Gasteiger partial charge on any atom is -0.396 e. The van der Waals surface area contributed by atoms with Crippen molar-refractivity contribution < 1.29 is 9.90 Å². The predicted molar refractivity (Wildman–Crippen MR) is 108 cm³/mol. The number of aromatic nitrogens is 3. The molecule has 1 atom stereocenters. The number of pyridine rings is 1. The number of anilines is 1. The second-order valence-corrected chi connectivity index (χ2v) is 7.18. The van der Waals surface area contributed by atoms with Gasteiger partial charge < -0.3 is 15.3 Å². The Labute approximate surface area is 163 Å². The Hall–Kier alpha value is -2.93. The molecular weight excluding hydrogens is 354 g/mol. The molecule has 0 radical (unpaired) electrons. The van der Waals surface area contributed by atoms with Crippen LogP contribution in [0.15, 0.2) is 42.6 Å². The van der Waals surface area contributed by atoms with Gasteiger partial charge in [-0.25, -0.2) is 4.98 Å². The molecule has 1 aliphatic heterocycles. The third kappa shape index (κ3) is 3.84. The maximum atomic E-state index is 12.5. The number of aliphatic hydroxyl groups excluding tert-OH is 1. The molecule has 2 aromatic heterocycles. The number of fused-ring (bicyclic) bond motifs is 1. The first-order valence-corrected chi connectivity index (χ1v) is 9.80. The molecule has 28 heavy (non-hydrogen) atoms. The largest absolute Gasteiger partial charge is 0.396 e. The van der Waals surface area contributed by atoms with Gasteiger partial charge in [0.1, 0.15) is 5.82 Å². The highest BCUT2D eigenvalue weighted by molar-refractivity contribution is 6.04. The number of rotatable bonds is 6. The van der Waals surface area contributed by atoms with Gasteiger partial charge in [-0.2, -0.15) is 5.10 Å². The second kappa shape index (κ2) is 8.39. The monoisotopic (exact) mass is 379 g/mol. The second-order valence-electron chi connectivity index (χ2n) is 7.18. The fourth-order valence-corrected chi connectivity index (χ4v) is 3.85.